The van der Waals surface area contributed by atoms with Crippen LogP contribution >= 0.6 is 11.3 Å². The van der Waals surface area contributed by atoms with Crippen LogP contribution in [-0.2, 0) is 0 Å². The van der Waals surface area contributed by atoms with Crippen molar-refractivity contribution >= 4 is 16.3 Å². The maximum atomic E-state index is 5.96. The third-order valence-electron chi connectivity index (χ3n) is 3.39. The van der Waals surface area contributed by atoms with Gasteiger partial charge in [0.25, 0.3) is 0 Å². The second-order valence-electron chi connectivity index (χ2n) is 4.51. The highest BCUT2D eigenvalue weighted by Gasteiger charge is 2.22. The van der Waals surface area contributed by atoms with Crippen molar-refractivity contribution < 1.29 is 0 Å². The zero-order valence-corrected chi connectivity index (χ0v) is 10.4. The van der Waals surface area contributed by atoms with E-state index in [2.05, 4.69) is 16.0 Å². The number of rotatable bonds is 2. The maximum Gasteiger partial charge on any atom is 0.116 e. The summed E-state index contributed by atoms with van der Waals surface area (Å²) >= 11 is 1.64. The quantitative estimate of drug-likeness (QED) is 0.881. The first-order valence-corrected chi connectivity index (χ1v) is 6.82. The molecule has 0 aliphatic heterocycles. The summed E-state index contributed by atoms with van der Waals surface area (Å²) in [5.74, 6) is 0.675. The second-order valence-corrected chi connectivity index (χ2v) is 5.59. The minimum atomic E-state index is 0.675. The highest BCUT2D eigenvalue weighted by Crippen LogP contribution is 2.43. The third-order valence-corrected chi connectivity index (χ3v) is 4.39. The first-order chi connectivity index (χ1) is 8.34. The molecule has 1 fully saturated rings. The van der Waals surface area contributed by atoms with E-state index in [0.717, 1.165) is 10.7 Å². The van der Waals surface area contributed by atoms with Gasteiger partial charge in [0.1, 0.15) is 6.33 Å². The van der Waals surface area contributed by atoms with Gasteiger partial charge in [0, 0.05) is 6.20 Å². The molecular formula is C13H15N3S. The number of nitrogens with two attached hydrogens (primary N) is 1. The maximum absolute atomic E-state index is 5.96. The minimum Gasteiger partial charge on any atom is -0.391 e. The van der Waals surface area contributed by atoms with Crippen molar-refractivity contribution in [2.45, 2.75) is 31.6 Å². The van der Waals surface area contributed by atoms with Crippen molar-refractivity contribution in [2.24, 2.45) is 0 Å². The molecule has 88 valence electrons. The monoisotopic (exact) mass is 245 g/mol. The largest absolute Gasteiger partial charge is 0.391 e. The first-order valence-electron chi connectivity index (χ1n) is 6.00. The van der Waals surface area contributed by atoms with Gasteiger partial charge < -0.3 is 5.73 Å². The van der Waals surface area contributed by atoms with Gasteiger partial charge in [-0.15, -0.1) is 11.3 Å². The van der Waals surface area contributed by atoms with Gasteiger partial charge >= 0.3 is 0 Å². The van der Waals surface area contributed by atoms with Crippen molar-refractivity contribution in [3.05, 3.63) is 30.2 Å². The van der Waals surface area contributed by atoms with Gasteiger partial charge in [0.05, 0.1) is 15.6 Å². The molecule has 0 saturated heterocycles. The summed E-state index contributed by atoms with van der Waals surface area (Å²) in [7, 11) is 0. The van der Waals surface area contributed by atoms with Gasteiger partial charge in [-0.05, 0) is 36.5 Å². The van der Waals surface area contributed by atoms with Crippen LogP contribution in [0.5, 0.6) is 0 Å². The zero-order valence-electron chi connectivity index (χ0n) is 9.60. The lowest BCUT2D eigenvalue weighted by molar-refractivity contribution is 0.727. The average Bonchev–Trinajstić information content (AvgIpc) is 2.98. The molecule has 4 heteroatoms. The smallest absolute Gasteiger partial charge is 0.116 e. The van der Waals surface area contributed by atoms with E-state index in [4.69, 9.17) is 5.73 Å². The van der Waals surface area contributed by atoms with Gasteiger partial charge in [-0.2, -0.15) is 0 Å². The fourth-order valence-electron chi connectivity index (χ4n) is 2.59. The summed E-state index contributed by atoms with van der Waals surface area (Å²) in [6, 6.07) is 4.10. The van der Waals surface area contributed by atoms with E-state index < -0.39 is 0 Å². The fourth-order valence-corrected chi connectivity index (χ4v) is 3.58. The second kappa shape index (κ2) is 4.45. The number of hydrogen-bond donors (Lipinski definition) is 1. The minimum absolute atomic E-state index is 0.675. The molecule has 1 saturated carbocycles. The molecule has 0 bridgehead atoms. The SMILES string of the molecule is Nc1cc(C2CCCC2)c(-c2ccncn2)s1. The fraction of sp³-hybridized carbons (Fsp3) is 0.385. The lowest BCUT2D eigenvalue weighted by Gasteiger charge is -2.09. The van der Waals surface area contributed by atoms with Crippen LogP contribution < -0.4 is 5.73 Å². The number of thiophene rings is 1. The Labute approximate surface area is 105 Å². The Morgan fingerprint density at radius 2 is 2.12 bits per heavy atom. The summed E-state index contributed by atoms with van der Waals surface area (Å²) in [5, 5.41) is 0.889. The molecule has 0 aromatic carbocycles. The number of anilines is 1. The Morgan fingerprint density at radius 3 is 2.82 bits per heavy atom. The third kappa shape index (κ3) is 2.05. The molecule has 0 radical (unpaired) electrons. The summed E-state index contributed by atoms with van der Waals surface area (Å²) in [5.41, 5.74) is 8.36. The molecule has 0 unspecified atom stereocenters. The van der Waals surface area contributed by atoms with Gasteiger partial charge in [0.2, 0.25) is 0 Å². The molecule has 3 nitrogen and oxygen atoms in total. The molecular weight excluding hydrogens is 230 g/mol. The number of hydrogen-bond acceptors (Lipinski definition) is 4. The van der Waals surface area contributed by atoms with Crippen LogP contribution in [0.15, 0.2) is 24.7 Å². The Balaban J connectivity index is 2.04. The van der Waals surface area contributed by atoms with E-state index in [1.807, 2.05) is 6.07 Å². The normalized spacial score (nSPS) is 16.5. The average molecular weight is 245 g/mol. The van der Waals surface area contributed by atoms with Crippen molar-refractivity contribution in [1.82, 2.24) is 9.97 Å². The van der Waals surface area contributed by atoms with Crippen molar-refractivity contribution in [3.63, 3.8) is 0 Å². The van der Waals surface area contributed by atoms with E-state index in [0.29, 0.717) is 5.92 Å². The Kier molecular flexibility index (Phi) is 2.81. The molecule has 2 heterocycles. The molecule has 0 spiro atoms. The summed E-state index contributed by atoms with van der Waals surface area (Å²) in [4.78, 5) is 9.54. The first kappa shape index (κ1) is 10.7. The summed E-state index contributed by atoms with van der Waals surface area (Å²) < 4.78 is 0. The van der Waals surface area contributed by atoms with Crippen LogP contribution in [0, 0.1) is 0 Å². The lowest BCUT2D eigenvalue weighted by Crippen LogP contribution is -1.93. The molecule has 0 atom stereocenters. The highest BCUT2D eigenvalue weighted by molar-refractivity contribution is 7.19. The van der Waals surface area contributed by atoms with E-state index >= 15 is 0 Å². The topological polar surface area (TPSA) is 51.8 Å². The number of aromatic nitrogens is 2. The molecule has 2 aromatic heterocycles. The van der Waals surface area contributed by atoms with Gasteiger partial charge in [-0.25, -0.2) is 9.97 Å². The zero-order chi connectivity index (χ0) is 11.7. The van der Waals surface area contributed by atoms with Crippen LogP contribution in [-0.4, -0.2) is 9.97 Å². The molecule has 1 aliphatic carbocycles. The van der Waals surface area contributed by atoms with E-state index in [1.54, 1.807) is 23.9 Å². The van der Waals surface area contributed by atoms with Crippen molar-refractivity contribution in [1.29, 1.82) is 0 Å². The van der Waals surface area contributed by atoms with Crippen LogP contribution in [0.1, 0.15) is 37.2 Å². The van der Waals surface area contributed by atoms with Crippen LogP contribution in [0.4, 0.5) is 5.00 Å². The molecule has 0 amide bonds. The predicted octanol–water partition coefficient (Wildman–Crippen LogP) is 3.44. The van der Waals surface area contributed by atoms with E-state index in [-0.39, 0.29) is 0 Å². The molecule has 2 N–H and O–H groups in total. The van der Waals surface area contributed by atoms with Crippen LogP contribution in [0.2, 0.25) is 0 Å². The van der Waals surface area contributed by atoms with Crippen LogP contribution in [0.25, 0.3) is 10.6 Å². The van der Waals surface area contributed by atoms with Crippen molar-refractivity contribution in [2.75, 3.05) is 5.73 Å². The summed E-state index contributed by atoms with van der Waals surface area (Å²) in [6.07, 6.45) is 8.64. The molecule has 3 rings (SSSR count). The molecule has 2 aromatic rings. The van der Waals surface area contributed by atoms with Gasteiger partial charge in [0.15, 0.2) is 0 Å². The highest BCUT2D eigenvalue weighted by atomic mass is 32.1. The van der Waals surface area contributed by atoms with Gasteiger partial charge in [-0.3, -0.25) is 0 Å². The summed E-state index contributed by atoms with van der Waals surface area (Å²) in [6.45, 7) is 0. The molecule has 17 heavy (non-hydrogen) atoms. The molecule has 1 aliphatic rings. The Hall–Kier alpha value is -1.42. The number of nitrogens with zero attached hydrogens (tertiary/aromatic N) is 2. The predicted molar refractivity (Wildman–Crippen MR) is 71.0 cm³/mol. The number of nitrogen functional groups attached to an aromatic ring is 1. The Bertz CT molecular complexity index is 501. The van der Waals surface area contributed by atoms with E-state index in [1.165, 1.54) is 36.1 Å². The standard InChI is InChI=1S/C13H15N3S/c14-12-7-10(9-3-1-2-4-9)13(17-12)11-5-6-15-8-16-11/h5-9H,1-4,14H2. The van der Waals surface area contributed by atoms with Crippen LogP contribution in [0.3, 0.4) is 0 Å². The van der Waals surface area contributed by atoms with Crippen molar-refractivity contribution in [3.8, 4) is 10.6 Å². The van der Waals surface area contributed by atoms with E-state index in [9.17, 15) is 0 Å². The lowest BCUT2D eigenvalue weighted by atomic mass is 9.97. The Morgan fingerprint density at radius 1 is 1.29 bits per heavy atom. The van der Waals surface area contributed by atoms with Gasteiger partial charge in [-0.1, -0.05) is 12.8 Å².